The van der Waals surface area contributed by atoms with Crippen molar-refractivity contribution in [3.05, 3.63) is 60.7 Å². The summed E-state index contributed by atoms with van der Waals surface area (Å²) in [6, 6.07) is 17.4. The minimum atomic E-state index is -3.81. The van der Waals surface area contributed by atoms with Crippen molar-refractivity contribution in [1.29, 1.82) is 0 Å². The summed E-state index contributed by atoms with van der Waals surface area (Å²) in [5.74, 6) is 1.58. The van der Waals surface area contributed by atoms with Crippen LogP contribution in [0, 0.1) is 0 Å². The van der Waals surface area contributed by atoms with Gasteiger partial charge in [-0.1, -0.05) is 30.3 Å². The van der Waals surface area contributed by atoms with E-state index < -0.39 is 10.0 Å². The van der Waals surface area contributed by atoms with E-state index >= 15 is 0 Å². The minimum absolute atomic E-state index is 0.0114. The number of nitrogens with zero attached hydrogens (tertiary/aromatic N) is 4. The smallest absolute Gasteiger partial charge is 0.244 e. The molecule has 32 heavy (non-hydrogen) atoms. The van der Waals surface area contributed by atoms with Crippen LogP contribution in [-0.2, 0) is 10.0 Å². The molecule has 0 bridgehead atoms. The average molecular weight is 455 g/mol. The van der Waals surface area contributed by atoms with Crippen molar-refractivity contribution in [1.82, 2.24) is 24.5 Å². The number of sulfonamides is 1. The summed E-state index contributed by atoms with van der Waals surface area (Å²) in [4.78, 5) is 0.0114. The summed E-state index contributed by atoms with van der Waals surface area (Å²) < 4.78 is 45.3. The first-order valence-corrected chi connectivity index (χ1v) is 11.1. The number of hydrogen-bond acceptors (Lipinski definition) is 8. The fourth-order valence-corrected chi connectivity index (χ4v) is 4.18. The Morgan fingerprint density at radius 1 is 0.969 bits per heavy atom. The molecule has 0 aliphatic rings. The zero-order valence-corrected chi connectivity index (χ0v) is 18.2. The highest BCUT2D eigenvalue weighted by atomic mass is 32.2. The lowest BCUT2D eigenvalue weighted by Crippen LogP contribution is -2.28. The van der Waals surface area contributed by atoms with Crippen molar-refractivity contribution in [2.45, 2.75) is 4.90 Å². The van der Waals surface area contributed by atoms with Crippen LogP contribution in [0.25, 0.3) is 17.0 Å². The zero-order chi connectivity index (χ0) is 22.6. The predicted molar refractivity (Wildman–Crippen MR) is 116 cm³/mol. The molecule has 0 aliphatic heterocycles. The van der Waals surface area contributed by atoms with Gasteiger partial charge in [0.05, 0.1) is 14.2 Å². The summed E-state index contributed by atoms with van der Waals surface area (Å²) >= 11 is 0. The SMILES string of the molecule is COc1ccc(S(=O)(=O)NCCOc2ccc3nnc(-c4ccccc4)n3n2)c(OC)c1. The molecule has 166 valence electrons. The molecule has 4 rings (SSSR count). The topological polar surface area (TPSA) is 117 Å². The number of methoxy groups -OCH3 is 2. The Bertz CT molecular complexity index is 1330. The van der Waals surface area contributed by atoms with Crippen LogP contribution in [0.1, 0.15) is 0 Å². The molecule has 0 unspecified atom stereocenters. The number of nitrogens with one attached hydrogen (secondary N) is 1. The van der Waals surface area contributed by atoms with Crippen LogP contribution in [-0.4, -0.2) is 55.6 Å². The van der Waals surface area contributed by atoms with E-state index in [9.17, 15) is 8.42 Å². The van der Waals surface area contributed by atoms with E-state index in [1.54, 1.807) is 22.7 Å². The standard InChI is InChI=1S/C21H21N5O5S/c1-29-16-8-9-18(17(14-16)30-2)32(27,28)22-12-13-31-20-11-10-19-23-24-21(26(19)25-20)15-6-4-3-5-7-15/h3-11,14,22H,12-13H2,1-2H3. The number of benzene rings is 2. The van der Waals surface area contributed by atoms with Crippen LogP contribution in [0.5, 0.6) is 17.4 Å². The predicted octanol–water partition coefficient (Wildman–Crippen LogP) is 2.17. The molecule has 2 aromatic heterocycles. The Morgan fingerprint density at radius 2 is 1.78 bits per heavy atom. The average Bonchev–Trinajstić information content (AvgIpc) is 3.25. The number of fused-ring (bicyclic) bond motifs is 1. The summed E-state index contributed by atoms with van der Waals surface area (Å²) in [6.45, 7) is 0.101. The van der Waals surface area contributed by atoms with Gasteiger partial charge in [0.2, 0.25) is 15.9 Å². The van der Waals surface area contributed by atoms with Gasteiger partial charge in [-0.05, 0) is 18.2 Å². The summed E-state index contributed by atoms with van der Waals surface area (Å²) in [5, 5.41) is 12.7. The molecule has 0 saturated heterocycles. The van der Waals surface area contributed by atoms with Gasteiger partial charge in [-0.25, -0.2) is 13.1 Å². The number of ether oxygens (including phenoxy) is 3. The third-order valence-electron chi connectivity index (χ3n) is 4.57. The molecule has 0 aliphatic carbocycles. The Morgan fingerprint density at radius 3 is 2.53 bits per heavy atom. The maximum absolute atomic E-state index is 12.6. The number of aromatic nitrogens is 4. The molecule has 0 atom stereocenters. The largest absolute Gasteiger partial charge is 0.497 e. The van der Waals surface area contributed by atoms with E-state index in [1.165, 1.54) is 26.4 Å². The third kappa shape index (κ3) is 4.48. The molecule has 2 aromatic carbocycles. The lowest BCUT2D eigenvalue weighted by molar-refractivity contribution is 0.305. The minimum Gasteiger partial charge on any atom is -0.497 e. The molecule has 10 nitrogen and oxygen atoms in total. The number of rotatable bonds is 9. The molecule has 1 N–H and O–H groups in total. The van der Waals surface area contributed by atoms with Gasteiger partial charge >= 0.3 is 0 Å². The summed E-state index contributed by atoms with van der Waals surface area (Å²) in [6.07, 6.45) is 0. The lowest BCUT2D eigenvalue weighted by Gasteiger charge is -2.12. The maximum atomic E-state index is 12.6. The fraction of sp³-hybridized carbons (Fsp3) is 0.190. The van der Waals surface area contributed by atoms with Gasteiger partial charge in [-0.15, -0.1) is 15.3 Å². The van der Waals surface area contributed by atoms with Crippen molar-refractivity contribution in [3.63, 3.8) is 0 Å². The molecule has 4 aromatic rings. The Labute approximate surface area is 184 Å². The molecule has 0 saturated carbocycles. The second-order valence-electron chi connectivity index (χ2n) is 6.59. The molecular formula is C21H21N5O5S. The first kappa shape index (κ1) is 21.5. The first-order chi connectivity index (χ1) is 15.5. The second kappa shape index (κ2) is 9.20. The Hall–Kier alpha value is -3.70. The van der Waals surface area contributed by atoms with Gasteiger partial charge < -0.3 is 14.2 Å². The summed E-state index contributed by atoms with van der Waals surface area (Å²) in [5.41, 5.74) is 1.44. The van der Waals surface area contributed by atoms with Crippen LogP contribution in [0.3, 0.4) is 0 Å². The fourth-order valence-electron chi connectivity index (χ4n) is 3.02. The Kier molecular flexibility index (Phi) is 6.19. The molecule has 11 heteroatoms. The normalized spacial score (nSPS) is 11.4. The first-order valence-electron chi connectivity index (χ1n) is 9.64. The highest BCUT2D eigenvalue weighted by Gasteiger charge is 2.20. The van der Waals surface area contributed by atoms with Gasteiger partial charge in [-0.3, -0.25) is 0 Å². The van der Waals surface area contributed by atoms with Crippen molar-refractivity contribution < 1.29 is 22.6 Å². The van der Waals surface area contributed by atoms with Gasteiger partial charge in [0.25, 0.3) is 0 Å². The monoisotopic (exact) mass is 455 g/mol. The van der Waals surface area contributed by atoms with Crippen molar-refractivity contribution in [2.24, 2.45) is 0 Å². The van der Waals surface area contributed by atoms with Crippen molar-refractivity contribution in [3.8, 4) is 28.8 Å². The van der Waals surface area contributed by atoms with Crippen LogP contribution < -0.4 is 18.9 Å². The van der Waals surface area contributed by atoms with Crippen molar-refractivity contribution >= 4 is 15.7 Å². The van der Waals surface area contributed by atoms with E-state index in [1.807, 2.05) is 30.3 Å². The Balaban J connectivity index is 1.42. The van der Waals surface area contributed by atoms with Gasteiger partial charge in [0, 0.05) is 24.2 Å². The third-order valence-corrected chi connectivity index (χ3v) is 6.08. The van der Waals surface area contributed by atoms with Gasteiger partial charge in [-0.2, -0.15) is 4.52 Å². The van der Waals surface area contributed by atoms with E-state index in [-0.39, 0.29) is 23.8 Å². The van der Waals surface area contributed by atoms with Gasteiger partial charge in [0.15, 0.2) is 11.5 Å². The lowest BCUT2D eigenvalue weighted by atomic mass is 10.2. The number of hydrogen-bond donors (Lipinski definition) is 1. The summed E-state index contributed by atoms with van der Waals surface area (Å²) in [7, 11) is -0.918. The molecule has 0 radical (unpaired) electrons. The van der Waals surface area contributed by atoms with Crippen LogP contribution >= 0.6 is 0 Å². The second-order valence-corrected chi connectivity index (χ2v) is 8.33. The van der Waals surface area contributed by atoms with Crippen molar-refractivity contribution in [2.75, 3.05) is 27.4 Å². The molecular weight excluding hydrogens is 434 g/mol. The maximum Gasteiger partial charge on any atom is 0.244 e. The molecule has 2 heterocycles. The van der Waals surface area contributed by atoms with Crippen LogP contribution in [0.15, 0.2) is 65.6 Å². The highest BCUT2D eigenvalue weighted by molar-refractivity contribution is 7.89. The van der Waals surface area contributed by atoms with Crippen LogP contribution in [0.2, 0.25) is 0 Å². The highest BCUT2D eigenvalue weighted by Crippen LogP contribution is 2.28. The van der Waals surface area contributed by atoms with E-state index in [4.69, 9.17) is 14.2 Å². The van der Waals surface area contributed by atoms with E-state index in [2.05, 4.69) is 20.0 Å². The molecule has 0 fully saturated rings. The molecule has 0 amide bonds. The van der Waals surface area contributed by atoms with E-state index in [0.29, 0.717) is 23.1 Å². The van der Waals surface area contributed by atoms with Gasteiger partial charge in [0.1, 0.15) is 23.0 Å². The van der Waals surface area contributed by atoms with E-state index in [0.717, 1.165) is 5.56 Å². The quantitative estimate of drug-likeness (QED) is 0.382. The zero-order valence-electron chi connectivity index (χ0n) is 17.4. The van der Waals surface area contributed by atoms with Crippen LogP contribution in [0.4, 0.5) is 0 Å². The molecule has 0 spiro atoms.